The van der Waals surface area contributed by atoms with Crippen LogP contribution in [0.3, 0.4) is 0 Å². The number of aryl methyl sites for hydroxylation is 2. The first-order valence-electron chi connectivity index (χ1n) is 7.03. The highest BCUT2D eigenvalue weighted by atomic mass is 16.3. The van der Waals surface area contributed by atoms with E-state index in [4.69, 9.17) is 5.11 Å². The fraction of sp³-hybridized carbons (Fsp3) is 0.647. The van der Waals surface area contributed by atoms with E-state index in [9.17, 15) is 0 Å². The van der Waals surface area contributed by atoms with Crippen molar-refractivity contribution in [2.45, 2.75) is 59.3 Å². The molecule has 0 radical (unpaired) electrons. The number of aliphatic hydroxyl groups is 1. The van der Waals surface area contributed by atoms with E-state index >= 15 is 0 Å². The number of rotatable bonds is 4. The van der Waals surface area contributed by atoms with Crippen molar-refractivity contribution in [1.82, 2.24) is 5.32 Å². The largest absolute Gasteiger partial charge is 0.381 e. The molecule has 0 aliphatic heterocycles. The Labute approximate surface area is 118 Å². The zero-order valence-electron chi connectivity index (χ0n) is 13.5. The second-order valence-electron chi connectivity index (χ2n) is 7.20. The molecule has 1 aromatic carbocycles. The molecule has 0 saturated carbocycles. The van der Waals surface area contributed by atoms with Gasteiger partial charge in [0.1, 0.15) is 0 Å². The summed E-state index contributed by atoms with van der Waals surface area (Å²) < 4.78 is 0. The van der Waals surface area contributed by atoms with E-state index in [1.807, 2.05) is 0 Å². The number of benzene rings is 1. The Morgan fingerprint density at radius 2 is 1.47 bits per heavy atom. The van der Waals surface area contributed by atoms with E-state index in [0.717, 1.165) is 6.54 Å². The van der Waals surface area contributed by atoms with Gasteiger partial charge in [-0.25, -0.2) is 0 Å². The Hall–Kier alpha value is -0.860. The smallest absolute Gasteiger partial charge is 0.0931 e. The summed E-state index contributed by atoms with van der Waals surface area (Å²) >= 11 is 0. The van der Waals surface area contributed by atoms with Gasteiger partial charge in [0.15, 0.2) is 0 Å². The maximum absolute atomic E-state index is 8.95. The monoisotopic (exact) mass is 263 g/mol. The first kappa shape index (κ1) is 16.2. The first-order chi connectivity index (χ1) is 8.59. The average molecular weight is 263 g/mol. The number of hydrogen-bond donors (Lipinski definition) is 2. The molecule has 1 aromatic rings. The zero-order chi connectivity index (χ0) is 14.8. The molecule has 2 N–H and O–H groups in total. The van der Waals surface area contributed by atoms with Gasteiger partial charge in [-0.05, 0) is 41.5 Å². The number of hydrogen-bond acceptors (Lipinski definition) is 2. The van der Waals surface area contributed by atoms with E-state index in [1.54, 1.807) is 0 Å². The molecule has 1 rings (SSSR count). The van der Waals surface area contributed by atoms with Crippen molar-refractivity contribution in [2.75, 3.05) is 13.3 Å². The fourth-order valence-corrected chi connectivity index (χ4v) is 2.92. The molecule has 0 fully saturated rings. The van der Waals surface area contributed by atoms with Gasteiger partial charge in [-0.15, -0.1) is 0 Å². The molecule has 19 heavy (non-hydrogen) atoms. The van der Waals surface area contributed by atoms with Gasteiger partial charge in [0.25, 0.3) is 0 Å². The molecule has 0 saturated heterocycles. The lowest BCUT2D eigenvalue weighted by Gasteiger charge is -2.31. The molecule has 2 heteroatoms. The second kappa shape index (κ2) is 5.64. The van der Waals surface area contributed by atoms with Crippen molar-refractivity contribution >= 4 is 0 Å². The van der Waals surface area contributed by atoms with Crippen LogP contribution in [0.25, 0.3) is 0 Å². The zero-order valence-corrected chi connectivity index (χ0v) is 13.5. The normalized spacial score (nSPS) is 12.8. The van der Waals surface area contributed by atoms with E-state index in [1.165, 1.54) is 22.3 Å². The Bertz CT molecular complexity index is 418. The Morgan fingerprint density at radius 3 is 1.84 bits per heavy atom. The van der Waals surface area contributed by atoms with Gasteiger partial charge in [0.05, 0.1) is 6.73 Å². The third kappa shape index (κ3) is 3.80. The van der Waals surface area contributed by atoms with Crippen LogP contribution in [0.2, 0.25) is 0 Å². The van der Waals surface area contributed by atoms with Crippen LogP contribution in [0.15, 0.2) is 12.1 Å². The number of nitrogens with one attached hydrogen (secondary N) is 1. The molecular weight excluding hydrogens is 234 g/mol. The van der Waals surface area contributed by atoms with Crippen LogP contribution >= 0.6 is 0 Å². The van der Waals surface area contributed by atoms with E-state index in [2.05, 4.69) is 65.9 Å². The molecule has 0 aliphatic carbocycles. The van der Waals surface area contributed by atoms with Crippen molar-refractivity contribution in [3.63, 3.8) is 0 Å². The number of aliphatic hydroxyl groups excluding tert-OH is 1. The lowest BCUT2D eigenvalue weighted by atomic mass is 9.76. The van der Waals surface area contributed by atoms with Crippen LogP contribution in [0, 0.1) is 13.8 Å². The SMILES string of the molecule is Cc1cc(C(C)(C)C)cc(C)c1C(C)(C)CNCO. The predicted molar refractivity (Wildman–Crippen MR) is 82.7 cm³/mol. The predicted octanol–water partition coefficient (Wildman–Crippen LogP) is 3.42. The molecule has 0 heterocycles. The molecule has 0 atom stereocenters. The molecule has 2 nitrogen and oxygen atoms in total. The first-order valence-corrected chi connectivity index (χ1v) is 7.03. The van der Waals surface area contributed by atoms with E-state index in [-0.39, 0.29) is 17.6 Å². The molecule has 0 amide bonds. The summed E-state index contributed by atoms with van der Waals surface area (Å²) in [5.41, 5.74) is 5.66. The average Bonchev–Trinajstić information content (AvgIpc) is 2.23. The van der Waals surface area contributed by atoms with Gasteiger partial charge in [-0.1, -0.05) is 46.8 Å². The lowest BCUT2D eigenvalue weighted by Crippen LogP contribution is -2.35. The van der Waals surface area contributed by atoms with Crippen molar-refractivity contribution in [3.8, 4) is 0 Å². The van der Waals surface area contributed by atoms with Crippen LogP contribution in [0.1, 0.15) is 56.9 Å². The van der Waals surface area contributed by atoms with Crippen molar-refractivity contribution in [1.29, 1.82) is 0 Å². The van der Waals surface area contributed by atoms with Gasteiger partial charge in [0.2, 0.25) is 0 Å². The summed E-state index contributed by atoms with van der Waals surface area (Å²) in [5, 5.41) is 12.0. The second-order valence-corrected chi connectivity index (χ2v) is 7.20. The molecule has 0 aromatic heterocycles. The standard InChI is InChI=1S/C17H29NO/c1-12-8-14(16(3,4)5)9-13(2)15(12)17(6,7)10-18-11-19/h8-9,18-19H,10-11H2,1-7H3. The fourth-order valence-electron chi connectivity index (χ4n) is 2.92. The summed E-state index contributed by atoms with van der Waals surface area (Å²) in [6.07, 6.45) is 0. The van der Waals surface area contributed by atoms with Crippen molar-refractivity contribution < 1.29 is 5.11 Å². The lowest BCUT2D eigenvalue weighted by molar-refractivity contribution is 0.247. The minimum absolute atomic E-state index is 0.0211. The van der Waals surface area contributed by atoms with Crippen LogP contribution in [0.5, 0.6) is 0 Å². The van der Waals surface area contributed by atoms with Crippen LogP contribution in [0.4, 0.5) is 0 Å². The summed E-state index contributed by atoms with van der Waals surface area (Å²) in [5.74, 6) is 0. The molecule has 0 unspecified atom stereocenters. The summed E-state index contributed by atoms with van der Waals surface area (Å²) in [7, 11) is 0. The third-order valence-corrected chi connectivity index (χ3v) is 3.75. The highest BCUT2D eigenvalue weighted by Gasteiger charge is 2.26. The third-order valence-electron chi connectivity index (χ3n) is 3.75. The van der Waals surface area contributed by atoms with Crippen LogP contribution in [-0.2, 0) is 10.8 Å². The Balaban J connectivity index is 3.24. The molecule has 0 aliphatic rings. The van der Waals surface area contributed by atoms with E-state index in [0.29, 0.717) is 0 Å². The van der Waals surface area contributed by atoms with Gasteiger partial charge >= 0.3 is 0 Å². The van der Waals surface area contributed by atoms with Crippen molar-refractivity contribution in [3.05, 3.63) is 34.4 Å². The topological polar surface area (TPSA) is 32.3 Å². The maximum atomic E-state index is 8.95. The van der Waals surface area contributed by atoms with Gasteiger partial charge in [-0.2, -0.15) is 0 Å². The Morgan fingerprint density at radius 1 is 1.00 bits per heavy atom. The Kier molecular flexibility index (Phi) is 4.81. The summed E-state index contributed by atoms with van der Waals surface area (Å²) in [4.78, 5) is 0. The summed E-state index contributed by atoms with van der Waals surface area (Å²) in [6, 6.07) is 4.62. The highest BCUT2D eigenvalue weighted by Crippen LogP contribution is 2.33. The van der Waals surface area contributed by atoms with E-state index < -0.39 is 0 Å². The van der Waals surface area contributed by atoms with Gasteiger partial charge in [-0.3, -0.25) is 5.32 Å². The van der Waals surface area contributed by atoms with Crippen LogP contribution < -0.4 is 5.32 Å². The molecule has 108 valence electrons. The minimum atomic E-state index is 0.0211. The van der Waals surface area contributed by atoms with Gasteiger partial charge in [0, 0.05) is 12.0 Å². The van der Waals surface area contributed by atoms with Crippen molar-refractivity contribution in [2.24, 2.45) is 0 Å². The summed E-state index contributed by atoms with van der Waals surface area (Å²) in [6.45, 7) is 16.4. The highest BCUT2D eigenvalue weighted by molar-refractivity contribution is 5.44. The minimum Gasteiger partial charge on any atom is -0.381 e. The van der Waals surface area contributed by atoms with Gasteiger partial charge < -0.3 is 5.11 Å². The molecular formula is C17H29NO. The maximum Gasteiger partial charge on any atom is 0.0931 e. The quantitative estimate of drug-likeness (QED) is 0.816. The molecule has 0 spiro atoms. The van der Waals surface area contributed by atoms with Crippen LogP contribution in [-0.4, -0.2) is 18.4 Å². The molecule has 0 bridgehead atoms.